The first-order chi connectivity index (χ1) is 11.1. The summed E-state index contributed by atoms with van der Waals surface area (Å²) in [6, 6.07) is 10.4. The van der Waals surface area contributed by atoms with Crippen LogP contribution in [-0.2, 0) is 13.6 Å². The number of carbonyl (C=O) groups excluding carboxylic acids is 1. The van der Waals surface area contributed by atoms with Gasteiger partial charge in [0.2, 0.25) is 0 Å². The van der Waals surface area contributed by atoms with Crippen LogP contribution in [0.2, 0.25) is 0 Å². The zero-order chi connectivity index (χ0) is 16.2. The van der Waals surface area contributed by atoms with Crippen LogP contribution in [0.4, 0.5) is 10.5 Å². The molecule has 6 nitrogen and oxygen atoms in total. The highest BCUT2D eigenvalue weighted by Gasteiger charge is 2.30. The van der Waals surface area contributed by atoms with E-state index in [1.54, 1.807) is 17.1 Å². The van der Waals surface area contributed by atoms with Crippen molar-refractivity contribution in [3.8, 4) is 0 Å². The van der Waals surface area contributed by atoms with Gasteiger partial charge < -0.3 is 10.6 Å². The summed E-state index contributed by atoms with van der Waals surface area (Å²) in [7, 11) is 1.82. The highest BCUT2D eigenvalue weighted by Crippen LogP contribution is 2.19. The number of amides is 2. The summed E-state index contributed by atoms with van der Waals surface area (Å²) in [6.07, 6.45) is 3.42. The number of carbonyl (C=O) groups is 1. The van der Waals surface area contributed by atoms with Crippen LogP contribution in [0.25, 0.3) is 0 Å². The molecule has 2 N–H and O–H groups in total. The number of rotatable bonds is 4. The van der Waals surface area contributed by atoms with Crippen LogP contribution >= 0.6 is 0 Å². The van der Waals surface area contributed by atoms with Gasteiger partial charge in [-0.05, 0) is 11.5 Å². The van der Waals surface area contributed by atoms with Crippen LogP contribution in [-0.4, -0.2) is 39.8 Å². The van der Waals surface area contributed by atoms with Gasteiger partial charge in [-0.15, -0.1) is 0 Å². The Labute approximate surface area is 136 Å². The van der Waals surface area contributed by atoms with Gasteiger partial charge in [0.05, 0.1) is 11.9 Å². The van der Waals surface area contributed by atoms with Crippen LogP contribution in [0, 0.1) is 5.92 Å². The highest BCUT2D eigenvalue weighted by molar-refractivity contribution is 5.89. The lowest BCUT2D eigenvalue weighted by Gasteiger charge is -2.17. The smallest absolute Gasteiger partial charge is 0.319 e. The van der Waals surface area contributed by atoms with Gasteiger partial charge in [0.25, 0.3) is 0 Å². The lowest BCUT2D eigenvalue weighted by Crippen LogP contribution is -2.42. The van der Waals surface area contributed by atoms with Crippen LogP contribution in [0.3, 0.4) is 0 Å². The van der Waals surface area contributed by atoms with E-state index < -0.39 is 0 Å². The predicted molar refractivity (Wildman–Crippen MR) is 90.0 cm³/mol. The second-order valence-corrected chi connectivity index (χ2v) is 6.26. The molecule has 1 fully saturated rings. The third-order valence-electron chi connectivity index (χ3n) is 4.22. The molecule has 2 atom stereocenters. The van der Waals surface area contributed by atoms with Gasteiger partial charge >= 0.3 is 6.03 Å². The van der Waals surface area contributed by atoms with Crippen LogP contribution in [0.5, 0.6) is 0 Å². The molecular formula is C17H23N5O. The molecule has 1 aromatic heterocycles. The second kappa shape index (κ2) is 6.83. The van der Waals surface area contributed by atoms with E-state index in [4.69, 9.17) is 0 Å². The van der Waals surface area contributed by atoms with Crippen molar-refractivity contribution >= 4 is 11.7 Å². The summed E-state index contributed by atoms with van der Waals surface area (Å²) >= 11 is 0. The van der Waals surface area contributed by atoms with Gasteiger partial charge in [-0.1, -0.05) is 37.3 Å². The van der Waals surface area contributed by atoms with Gasteiger partial charge in [0, 0.05) is 38.9 Å². The number of hydrogen-bond acceptors (Lipinski definition) is 3. The molecule has 23 heavy (non-hydrogen) atoms. The number of benzene rings is 1. The molecule has 6 heteroatoms. The maximum Gasteiger partial charge on any atom is 0.319 e. The summed E-state index contributed by atoms with van der Waals surface area (Å²) in [5, 5.41) is 9.94. The molecule has 0 spiro atoms. The first-order valence-electron chi connectivity index (χ1n) is 7.92. The van der Waals surface area contributed by atoms with Crippen LogP contribution < -0.4 is 10.6 Å². The van der Waals surface area contributed by atoms with Gasteiger partial charge in [-0.2, -0.15) is 5.10 Å². The Bertz CT molecular complexity index is 654. The molecule has 0 radical (unpaired) electrons. The molecule has 1 saturated heterocycles. The molecule has 2 amide bonds. The standard InChI is InChI=1S/C17H23N5O/c1-13-9-22(10-14-6-4-3-5-7-14)12-16(13)20-17(23)19-15-8-18-21(2)11-15/h3-8,11,13,16H,9-10,12H2,1-2H3,(H2,19,20,23)/t13-,16-/m1/s1. The molecule has 0 aliphatic carbocycles. The van der Waals surface area contributed by atoms with E-state index in [1.807, 2.05) is 13.1 Å². The highest BCUT2D eigenvalue weighted by atomic mass is 16.2. The molecule has 2 heterocycles. The number of aryl methyl sites for hydroxylation is 1. The monoisotopic (exact) mass is 313 g/mol. The van der Waals surface area contributed by atoms with E-state index in [0.717, 1.165) is 19.6 Å². The van der Waals surface area contributed by atoms with Crippen molar-refractivity contribution in [3.05, 3.63) is 48.3 Å². The number of nitrogens with one attached hydrogen (secondary N) is 2. The average molecular weight is 313 g/mol. The number of anilines is 1. The Morgan fingerprint density at radius 3 is 2.78 bits per heavy atom. The minimum absolute atomic E-state index is 0.162. The molecule has 1 aliphatic rings. The van der Waals surface area contributed by atoms with E-state index in [0.29, 0.717) is 11.6 Å². The summed E-state index contributed by atoms with van der Waals surface area (Å²) in [4.78, 5) is 14.5. The van der Waals surface area contributed by atoms with Gasteiger partial charge in [0.1, 0.15) is 0 Å². The normalized spacial score (nSPS) is 21.3. The molecule has 0 bridgehead atoms. The lowest BCUT2D eigenvalue weighted by atomic mass is 10.1. The van der Waals surface area contributed by atoms with E-state index >= 15 is 0 Å². The number of aromatic nitrogens is 2. The fraction of sp³-hybridized carbons (Fsp3) is 0.412. The molecule has 0 unspecified atom stereocenters. The van der Waals surface area contributed by atoms with Crippen molar-refractivity contribution in [1.82, 2.24) is 20.0 Å². The number of nitrogens with zero attached hydrogens (tertiary/aromatic N) is 3. The first kappa shape index (κ1) is 15.6. The molecule has 1 aromatic carbocycles. The van der Waals surface area contributed by atoms with Gasteiger partial charge in [-0.25, -0.2) is 4.79 Å². The topological polar surface area (TPSA) is 62.2 Å². The Morgan fingerprint density at radius 1 is 1.30 bits per heavy atom. The zero-order valence-corrected chi connectivity index (χ0v) is 13.6. The Morgan fingerprint density at radius 2 is 2.09 bits per heavy atom. The van der Waals surface area contributed by atoms with Gasteiger partial charge in [0.15, 0.2) is 0 Å². The average Bonchev–Trinajstić information content (AvgIpc) is 3.06. The zero-order valence-electron chi connectivity index (χ0n) is 13.6. The SMILES string of the molecule is C[C@@H]1CN(Cc2ccccc2)C[C@H]1NC(=O)Nc1cnn(C)c1. The van der Waals surface area contributed by atoms with E-state index in [-0.39, 0.29) is 12.1 Å². The fourth-order valence-corrected chi connectivity index (χ4v) is 3.05. The first-order valence-corrected chi connectivity index (χ1v) is 7.92. The molecule has 122 valence electrons. The quantitative estimate of drug-likeness (QED) is 0.908. The minimum atomic E-state index is -0.170. The Hall–Kier alpha value is -2.34. The molecular weight excluding hydrogens is 290 g/mol. The third-order valence-corrected chi connectivity index (χ3v) is 4.22. The summed E-state index contributed by atoms with van der Waals surface area (Å²) in [5.74, 6) is 0.429. The Balaban J connectivity index is 1.51. The van der Waals surface area contributed by atoms with Crippen molar-refractivity contribution in [2.45, 2.75) is 19.5 Å². The van der Waals surface area contributed by atoms with Gasteiger partial charge in [-0.3, -0.25) is 9.58 Å². The maximum absolute atomic E-state index is 12.1. The lowest BCUT2D eigenvalue weighted by molar-refractivity contribution is 0.246. The fourth-order valence-electron chi connectivity index (χ4n) is 3.05. The predicted octanol–water partition coefficient (Wildman–Crippen LogP) is 2.06. The maximum atomic E-state index is 12.1. The van der Waals surface area contributed by atoms with E-state index in [1.165, 1.54) is 5.56 Å². The second-order valence-electron chi connectivity index (χ2n) is 6.26. The summed E-state index contributed by atoms with van der Waals surface area (Å²) in [6.45, 7) is 4.97. The number of urea groups is 1. The van der Waals surface area contributed by atoms with E-state index in [2.05, 4.69) is 51.8 Å². The van der Waals surface area contributed by atoms with Crippen molar-refractivity contribution in [2.75, 3.05) is 18.4 Å². The molecule has 2 aromatic rings. The molecule has 0 saturated carbocycles. The molecule has 3 rings (SSSR count). The summed E-state index contributed by atoms with van der Waals surface area (Å²) in [5.41, 5.74) is 2.01. The van der Waals surface area contributed by atoms with Crippen molar-refractivity contribution in [3.63, 3.8) is 0 Å². The Kier molecular flexibility index (Phi) is 4.62. The number of likely N-dealkylation sites (tertiary alicyclic amines) is 1. The minimum Gasteiger partial charge on any atom is -0.334 e. The van der Waals surface area contributed by atoms with Crippen molar-refractivity contribution < 1.29 is 4.79 Å². The largest absolute Gasteiger partial charge is 0.334 e. The van der Waals surface area contributed by atoms with Crippen molar-refractivity contribution in [1.29, 1.82) is 0 Å². The van der Waals surface area contributed by atoms with Crippen LogP contribution in [0.15, 0.2) is 42.7 Å². The van der Waals surface area contributed by atoms with Crippen LogP contribution in [0.1, 0.15) is 12.5 Å². The van der Waals surface area contributed by atoms with E-state index in [9.17, 15) is 4.79 Å². The number of hydrogen-bond donors (Lipinski definition) is 2. The summed E-state index contributed by atoms with van der Waals surface area (Å²) < 4.78 is 1.66. The molecule has 1 aliphatic heterocycles. The third kappa shape index (κ3) is 4.10. The van der Waals surface area contributed by atoms with Crippen molar-refractivity contribution in [2.24, 2.45) is 13.0 Å².